The van der Waals surface area contributed by atoms with Gasteiger partial charge in [0.15, 0.2) is 0 Å². The Bertz CT molecular complexity index is 466. The van der Waals surface area contributed by atoms with Gasteiger partial charge >= 0.3 is 0 Å². The van der Waals surface area contributed by atoms with Crippen LogP contribution in [-0.4, -0.2) is 11.5 Å². The molecule has 0 aliphatic rings. The van der Waals surface area contributed by atoms with E-state index in [1.54, 1.807) is 6.20 Å². The summed E-state index contributed by atoms with van der Waals surface area (Å²) in [6.45, 7) is 2.94. The van der Waals surface area contributed by atoms with Crippen molar-refractivity contribution >= 4 is 5.69 Å². The van der Waals surface area contributed by atoms with Crippen molar-refractivity contribution in [2.75, 3.05) is 11.9 Å². The molecule has 0 aliphatic carbocycles. The van der Waals surface area contributed by atoms with Crippen LogP contribution in [-0.2, 0) is 0 Å². The summed E-state index contributed by atoms with van der Waals surface area (Å²) in [5.74, 6) is -0.312. The van der Waals surface area contributed by atoms with Gasteiger partial charge < -0.3 is 5.32 Å². The number of halogens is 1. The summed E-state index contributed by atoms with van der Waals surface area (Å²) in [6, 6.07) is 9.34. The molecule has 0 fully saturated rings. The minimum Gasteiger partial charge on any atom is -0.385 e. The average molecular weight is 216 g/mol. The van der Waals surface area contributed by atoms with Crippen molar-refractivity contribution in [3.63, 3.8) is 0 Å². The maximum Gasteiger partial charge on any atom is 0.142 e. The highest BCUT2D eigenvalue weighted by Gasteiger charge is 1.99. The molecule has 0 unspecified atom stereocenters. The molecule has 0 saturated heterocycles. The minimum atomic E-state index is -0.312. The van der Waals surface area contributed by atoms with Crippen molar-refractivity contribution in [2.24, 2.45) is 0 Å². The van der Waals surface area contributed by atoms with Crippen molar-refractivity contribution < 1.29 is 4.39 Å². The molecule has 1 aromatic heterocycles. The standard InChI is InChI=1S/C13H13FN2/c1-2-16-13-5-3-10(4-6-13)11-7-12(14)9-15-8-11/h3-9,16H,2H2,1H3. The Balaban J connectivity index is 2.27. The van der Waals surface area contributed by atoms with Crippen LogP contribution in [0.1, 0.15) is 6.92 Å². The molecular formula is C13H13FN2. The number of anilines is 1. The van der Waals surface area contributed by atoms with Crippen molar-refractivity contribution in [2.45, 2.75) is 6.92 Å². The van der Waals surface area contributed by atoms with Gasteiger partial charge in [-0.2, -0.15) is 0 Å². The third-order valence-electron chi connectivity index (χ3n) is 2.30. The topological polar surface area (TPSA) is 24.9 Å². The first kappa shape index (κ1) is 10.6. The van der Waals surface area contributed by atoms with E-state index in [4.69, 9.17) is 0 Å². The van der Waals surface area contributed by atoms with Crippen molar-refractivity contribution in [3.8, 4) is 11.1 Å². The lowest BCUT2D eigenvalue weighted by Gasteiger charge is -2.05. The number of pyridine rings is 1. The Kier molecular flexibility index (Phi) is 3.15. The summed E-state index contributed by atoms with van der Waals surface area (Å²) < 4.78 is 13.0. The summed E-state index contributed by atoms with van der Waals surface area (Å²) in [4.78, 5) is 3.83. The largest absolute Gasteiger partial charge is 0.385 e. The van der Waals surface area contributed by atoms with Gasteiger partial charge in [-0.25, -0.2) is 4.39 Å². The molecule has 2 rings (SSSR count). The highest BCUT2D eigenvalue weighted by molar-refractivity contribution is 5.65. The molecule has 1 heterocycles. The maximum absolute atomic E-state index is 13.0. The lowest BCUT2D eigenvalue weighted by atomic mass is 10.1. The average Bonchev–Trinajstić information content (AvgIpc) is 2.30. The van der Waals surface area contributed by atoms with E-state index in [-0.39, 0.29) is 5.82 Å². The van der Waals surface area contributed by atoms with Crippen LogP contribution in [0.2, 0.25) is 0 Å². The van der Waals surface area contributed by atoms with Gasteiger partial charge in [0.1, 0.15) is 5.82 Å². The summed E-state index contributed by atoms with van der Waals surface area (Å²) in [7, 11) is 0. The van der Waals surface area contributed by atoms with E-state index in [0.29, 0.717) is 0 Å². The monoisotopic (exact) mass is 216 g/mol. The van der Waals surface area contributed by atoms with Gasteiger partial charge in [-0.1, -0.05) is 12.1 Å². The van der Waals surface area contributed by atoms with Crippen LogP contribution in [0.15, 0.2) is 42.7 Å². The molecule has 0 saturated carbocycles. The Morgan fingerprint density at radius 1 is 1.12 bits per heavy atom. The molecule has 1 aromatic carbocycles. The van der Waals surface area contributed by atoms with Crippen molar-refractivity contribution in [1.29, 1.82) is 0 Å². The van der Waals surface area contributed by atoms with Crippen molar-refractivity contribution in [3.05, 3.63) is 48.5 Å². The number of hydrogen-bond acceptors (Lipinski definition) is 2. The minimum absolute atomic E-state index is 0.312. The fourth-order valence-corrected chi connectivity index (χ4v) is 1.55. The molecule has 0 aliphatic heterocycles. The molecule has 2 aromatic rings. The van der Waals surface area contributed by atoms with Gasteiger partial charge in [-0.05, 0) is 30.7 Å². The predicted molar refractivity (Wildman–Crippen MR) is 63.8 cm³/mol. The van der Waals surface area contributed by atoms with Gasteiger partial charge in [-0.15, -0.1) is 0 Å². The zero-order valence-corrected chi connectivity index (χ0v) is 9.07. The van der Waals surface area contributed by atoms with E-state index in [1.165, 1.54) is 12.3 Å². The lowest BCUT2D eigenvalue weighted by Crippen LogP contribution is -1.95. The van der Waals surface area contributed by atoms with Gasteiger partial charge in [-0.3, -0.25) is 4.98 Å². The SMILES string of the molecule is CCNc1ccc(-c2cncc(F)c2)cc1. The molecule has 0 atom stereocenters. The Morgan fingerprint density at radius 2 is 1.88 bits per heavy atom. The Hall–Kier alpha value is -1.90. The number of nitrogens with one attached hydrogen (secondary N) is 1. The predicted octanol–water partition coefficient (Wildman–Crippen LogP) is 3.32. The van der Waals surface area contributed by atoms with E-state index < -0.39 is 0 Å². The first-order chi connectivity index (χ1) is 7.79. The smallest absolute Gasteiger partial charge is 0.142 e. The van der Waals surface area contributed by atoms with Crippen LogP contribution >= 0.6 is 0 Å². The zero-order chi connectivity index (χ0) is 11.4. The van der Waals surface area contributed by atoms with Crippen LogP contribution < -0.4 is 5.32 Å². The number of aromatic nitrogens is 1. The van der Waals surface area contributed by atoms with E-state index in [2.05, 4.69) is 10.3 Å². The first-order valence-corrected chi connectivity index (χ1v) is 5.24. The van der Waals surface area contributed by atoms with E-state index in [1.807, 2.05) is 31.2 Å². The summed E-state index contributed by atoms with van der Waals surface area (Å²) in [5.41, 5.74) is 2.83. The van der Waals surface area contributed by atoms with Crippen LogP contribution in [0.4, 0.5) is 10.1 Å². The lowest BCUT2D eigenvalue weighted by molar-refractivity contribution is 0.622. The number of rotatable bonds is 3. The normalized spacial score (nSPS) is 10.1. The summed E-state index contributed by atoms with van der Waals surface area (Å²) in [5, 5.41) is 3.21. The van der Waals surface area contributed by atoms with Gasteiger partial charge in [0.25, 0.3) is 0 Å². The summed E-state index contributed by atoms with van der Waals surface area (Å²) in [6.07, 6.45) is 2.86. The number of benzene rings is 1. The summed E-state index contributed by atoms with van der Waals surface area (Å²) >= 11 is 0. The second kappa shape index (κ2) is 4.75. The first-order valence-electron chi connectivity index (χ1n) is 5.24. The third kappa shape index (κ3) is 2.37. The molecule has 82 valence electrons. The molecule has 2 nitrogen and oxygen atoms in total. The van der Waals surface area contributed by atoms with Crippen LogP contribution in [0.5, 0.6) is 0 Å². The van der Waals surface area contributed by atoms with E-state index >= 15 is 0 Å². The quantitative estimate of drug-likeness (QED) is 0.851. The van der Waals surface area contributed by atoms with Crippen LogP contribution in [0, 0.1) is 5.82 Å². The molecular weight excluding hydrogens is 203 g/mol. The molecule has 0 bridgehead atoms. The molecule has 3 heteroatoms. The highest BCUT2D eigenvalue weighted by atomic mass is 19.1. The fraction of sp³-hybridized carbons (Fsp3) is 0.154. The molecule has 0 amide bonds. The maximum atomic E-state index is 13.0. The number of hydrogen-bond donors (Lipinski definition) is 1. The van der Waals surface area contributed by atoms with Gasteiger partial charge in [0.2, 0.25) is 0 Å². The molecule has 1 N–H and O–H groups in total. The van der Waals surface area contributed by atoms with E-state index in [9.17, 15) is 4.39 Å². The highest BCUT2D eigenvalue weighted by Crippen LogP contribution is 2.21. The van der Waals surface area contributed by atoms with Crippen LogP contribution in [0.25, 0.3) is 11.1 Å². The third-order valence-corrected chi connectivity index (χ3v) is 2.30. The Labute approximate surface area is 94.2 Å². The second-order valence-corrected chi connectivity index (χ2v) is 3.50. The van der Waals surface area contributed by atoms with Crippen LogP contribution in [0.3, 0.4) is 0 Å². The van der Waals surface area contributed by atoms with Gasteiger partial charge in [0.05, 0.1) is 6.20 Å². The van der Waals surface area contributed by atoms with E-state index in [0.717, 1.165) is 23.4 Å². The zero-order valence-electron chi connectivity index (χ0n) is 9.07. The van der Waals surface area contributed by atoms with Gasteiger partial charge in [0, 0.05) is 24.0 Å². The molecule has 16 heavy (non-hydrogen) atoms. The molecule has 0 radical (unpaired) electrons. The fourth-order valence-electron chi connectivity index (χ4n) is 1.55. The van der Waals surface area contributed by atoms with Crippen molar-refractivity contribution in [1.82, 2.24) is 4.98 Å². The number of nitrogens with zero attached hydrogens (tertiary/aromatic N) is 1. The Morgan fingerprint density at radius 3 is 2.50 bits per heavy atom. The second-order valence-electron chi connectivity index (χ2n) is 3.50. The molecule has 0 spiro atoms.